The third-order valence-electron chi connectivity index (χ3n) is 2.92. The molecule has 0 spiro atoms. The largest absolute Gasteiger partial charge is 0.433 e. The van der Waals surface area contributed by atoms with Crippen LogP contribution in [0.4, 0.5) is 13.2 Å². The zero-order valence-electron chi connectivity index (χ0n) is 10.8. The molecular formula is C13H15F3N2. The zero-order chi connectivity index (χ0) is 13.7. The third-order valence-corrected chi connectivity index (χ3v) is 2.92. The van der Waals surface area contributed by atoms with Crippen LogP contribution >= 0.6 is 0 Å². The summed E-state index contributed by atoms with van der Waals surface area (Å²) in [6.45, 7) is 6.08. The number of aromatic nitrogens is 2. The molecule has 0 fully saturated rings. The van der Waals surface area contributed by atoms with E-state index < -0.39 is 11.9 Å². The van der Waals surface area contributed by atoms with Crippen LogP contribution in [-0.4, -0.2) is 9.55 Å². The van der Waals surface area contributed by atoms with Crippen molar-refractivity contribution in [1.29, 1.82) is 0 Å². The molecule has 5 heteroatoms. The van der Waals surface area contributed by atoms with Crippen molar-refractivity contribution in [3.8, 4) is 0 Å². The molecule has 0 amide bonds. The molecule has 0 aliphatic rings. The van der Waals surface area contributed by atoms with Crippen LogP contribution in [0.1, 0.15) is 32.0 Å². The summed E-state index contributed by atoms with van der Waals surface area (Å²) < 4.78 is 39.5. The van der Waals surface area contributed by atoms with E-state index in [-0.39, 0.29) is 5.41 Å². The van der Waals surface area contributed by atoms with Crippen molar-refractivity contribution in [3.63, 3.8) is 0 Å². The highest BCUT2D eigenvalue weighted by Crippen LogP contribution is 2.33. The number of aryl methyl sites for hydroxylation is 1. The van der Waals surface area contributed by atoms with E-state index in [0.717, 1.165) is 17.0 Å². The normalized spacial score (nSPS) is 13.3. The van der Waals surface area contributed by atoms with E-state index >= 15 is 0 Å². The summed E-state index contributed by atoms with van der Waals surface area (Å²) in [5.41, 5.74) is 0.397. The summed E-state index contributed by atoms with van der Waals surface area (Å²) in [4.78, 5) is 3.72. The van der Waals surface area contributed by atoms with Crippen molar-refractivity contribution in [2.24, 2.45) is 7.05 Å². The fraction of sp³-hybridized carbons (Fsp3) is 0.462. The quantitative estimate of drug-likeness (QED) is 0.699. The van der Waals surface area contributed by atoms with Gasteiger partial charge in [0.05, 0.1) is 0 Å². The van der Waals surface area contributed by atoms with Crippen LogP contribution < -0.4 is 0 Å². The summed E-state index contributed by atoms with van der Waals surface area (Å²) in [5.74, 6) is 0. The van der Waals surface area contributed by atoms with Gasteiger partial charge in [-0.1, -0.05) is 20.8 Å². The second-order valence-electron chi connectivity index (χ2n) is 5.47. The fourth-order valence-electron chi connectivity index (χ4n) is 2.01. The van der Waals surface area contributed by atoms with Gasteiger partial charge in [-0.25, -0.2) is 4.98 Å². The molecule has 0 bridgehead atoms. The Labute approximate surface area is 103 Å². The van der Waals surface area contributed by atoms with Gasteiger partial charge in [-0.05, 0) is 23.1 Å². The predicted molar refractivity (Wildman–Crippen MR) is 64.4 cm³/mol. The second-order valence-corrected chi connectivity index (χ2v) is 5.47. The van der Waals surface area contributed by atoms with Crippen molar-refractivity contribution in [2.75, 3.05) is 0 Å². The predicted octanol–water partition coefficient (Wildman–Crippen LogP) is 3.89. The van der Waals surface area contributed by atoms with Crippen molar-refractivity contribution >= 4 is 11.0 Å². The first kappa shape index (κ1) is 12.9. The molecule has 0 N–H and O–H groups in total. The Kier molecular flexibility index (Phi) is 2.68. The SMILES string of the molecule is Cn1cc(C(C)(C)C)c2ccc(C(F)(F)F)nc21. The number of alkyl halides is 3. The van der Waals surface area contributed by atoms with Gasteiger partial charge in [-0.15, -0.1) is 0 Å². The average molecular weight is 256 g/mol. The lowest BCUT2D eigenvalue weighted by atomic mass is 9.87. The van der Waals surface area contributed by atoms with Gasteiger partial charge in [0.1, 0.15) is 11.3 Å². The molecule has 98 valence electrons. The maximum atomic E-state index is 12.6. The Bertz CT molecular complexity index is 589. The van der Waals surface area contributed by atoms with E-state index in [0.29, 0.717) is 5.65 Å². The molecule has 0 atom stereocenters. The zero-order valence-corrected chi connectivity index (χ0v) is 10.8. The first-order valence-corrected chi connectivity index (χ1v) is 5.64. The lowest BCUT2D eigenvalue weighted by Crippen LogP contribution is -2.10. The third kappa shape index (κ3) is 2.09. The minimum absolute atomic E-state index is 0.124. The van der Waals surface area contributed by atoms with Gasteiger partial charge in [-0.2, -0.15) is 13.2 Å². The summed E-state index contributed by atoms with van der Waals surface area (Å²) in [7, 11) is 1.71. The first-order valence-electron chi connectivity index (χ1n) is 5.64. The van der Waals surface area contributed by atoms with Crippen LogP contribution in [-0.2, 0) is 18.6 Å². The highest BCUT2D eigenvalue weighted by molar-refractivity contribution is 5.81. The van der Waals surface area contributed by atoms with Crippen molar-refractivity contribution in [3.05, 3.63) is 29.6 Å². The molecule has 18 heavy (non-hydrogen) atoms. The van der Waals surface area contributed by atoms with Gasteiger partial charge in [0.15, 0.2) is 0 Å². The summed E-state index contributed by atoms with van der Waals surface area (Å²) in [6, 6.07) is 2.54. The van der Waals surface area contributed by atoms with Crippen LogP contribution in [0.5, 0.6) is 0 Å². The maximum Gasteiger partial charge on any atom is 0.433 e. The molecule has 2 aromatic rings. The van der Waals surface area contributed by atoms with Crippen LogP contribution in [0, 0.1) is 0 Å². The molecule has 2 aromatic heterocycles. The van der Waals surface area contributed by atoms with Gasteiger partial charge < -0.3 is 4.57 Å². The molecule has 0 saturated carbocycles. The van der Waals surface area contributed by atoms with Crippen molar-refractivity contribution < 1.29 is 13.2 Å². The molecule has 2 rings (SSSR count). The van der Waals surface area contributed by atoms with Gasteiger partial charge in [0.2, 0.25) is 0 Å². The molecular weight excluding hydrogens is 241 g/mol. The maximum absolute atomic E-state index is 12.6. The average Bonchev–Trinajstić information content (AvgIpc) is 2.54. The lowest BCUT2D eigenvalue weighted by Gasteiger charge is -2.17. The molecule has 2 nitrogen and oxygen atoms in total. The molecule has 0 aliphatic heterocycles. The summed E-state index contributed by atoms with van der Waals surface area (Å²) in [6.07, 6.45) is -2.56. The monoisotopic (exact) mass is 256 g/mol. The topological polar surface area (TPSA) is 17.8 Å². The Hall–Kier alpha value is -1.52. The number of fused-ring (bicyclic) bond motifs is 1. The van der Waals surface area contributed by atoms with Gasteiger partial charge in [-0.3, -0.25) is 0 Å². The number of halogens is 3. The van der Waals surface area contributed by atoms with Crippen LogP contribution in [0.3, 0.4) is 0 Å². The van der Waals surface area contributed by atoms with E-state index in [4.69, 9.17) is 0 Å². The smallest absolute Gasteiger partial charge is 0.335 e. The van der Waals surface area contributed by atoms with Crippen LogP contribution in [0.25, 0.3) is 11.0 Å². The minimum atomic E-state index is -4.40. The van der Waals surface area contributed by atoms with E-state index in [9.17, 15) is 13.2 Å². The molecule has 0 saturated heterocycles. The number of hydrogen-bond donors (Lipinski definition) is 0. The summed E-state index contributed by atoms with van der Waals surface area (Å²) >= 11 is 0. The molecule has 2 heterocycles. The van der Waals surface area contributed by atoms with Crippen LogP contribution in [0.2, 0.25) is 0 Å². The van der Waals surface area contributed by atoms with Crippen molar-refractivity contribution in [2.45, 2.75) is 32.4 Å². The summed E-state index contributed by atoms with van der Waals surface area (Å²) in [5, 5.41) is 0.776. The minimum Gasteiger partial charge on any atom is -0.335 e. The van der Waals surface area contributed by atoms with Gasteiger partial charge in [0, 0.05) is 18.6 Å². The Morgan fingerprint density at radius 3 is 2.22 bits per heavy atom. The number of nitrogens with zero attached hydrogens (tertiary/aromatic N) is 2. The van der Waals surface area contributed by atoms with E-state index in [2.05, 4.69) is 4.98 Å². The second kappa shape index (κ2) is 3.73. The standard InChI is InChI=1S/C13H15F3N2/c1-12(2,3)9-7-18(4)11-8(9)5-6-10(17-11)13(14,15)16/h5-7H,1-4H3. The molecule has 0 aliphatic carbocycles. The van der Waals surface area contributed by atoms with E-state index in [1.807, 2.05) is 27.0 Å². The molecule has 0 unspecified atom stereocenters. The highest BCUT2D eigenvalue weighted by atomic mass is 19.4. The lowest BCUT2D eigenvalue weighted by molar-refractivity contribution is -0.141. The fourth-order valence-corrected chi connectivity index (χ4v) is 2.01. The van der Waals surface area contributed by atoms with E-state index in [1.54, 1.807) is 11.6 Å². The van der Waals surface area contributed by atoms with Crippen molar-refractivity contribution in [1.82, 2.24) is 9.55 Å². The highest BCUT2D eigenvalue weighted by Gasteiger charge is 2.33. The number of rotatable bonds is 0. The Balaban J connectivity index is 2.71. The van der Waals surface area contributed by atoms with Gasteiger partial charge in [0.25, 0.3) is 0 Å². The first-order chi connectivity index (χ1) is 8.10. The molecule has 0 aromatic carbocycles. The Morgan fingerprint density at radius 1 is 1.11 bits per heavy atom. The van der Waals surface area contributed by atoms with Crippen LogP contribution in [0.15, 0.2) is 18.3 Å². The number of pyridine rings is 1. The Morgan fingerprint density at radius 2 is 1.72 bits per heavy atom. The van der Waals surface area contributed by atoms with E-state index in [1.165, 1.54) is 6.07 Å². The number of hydrogen-bond acceptors (Lipinski definition) is 1. The van der Waals surface area contributed by atoms with Gasteiger partial charge >= 0.3 is 6.18 Å². The molecule has 0 radical (unpaired) electrons.